The number of benzene rings is 1. The molecule has 8 heteroatoms. The minimum atomic E-state index is -3.64. The summed E-state index contributed by atoms with van der Waals surface area (Å²) in [6.45, 7) is 3.60. The summed E-state index contributed by atoms with van der Waals surface area (Å²) in [5.41, 5.74) is 0.841. The maximum Gasteiger partial charge on any atom is 0.419 e. The third-order valence-electron chi connectivity index (χ3n) is 4.17. The Morgan fingerprint density at radius 3 is 2.91 bits per heavy atom. The van der Waals surface area contributed by atoms with Crippen molar-refractivity contribution in [3.05, 3.63) is 28.7 Å². The van der Waals surface area contributed by atoms with E-state index in [-0.39, 0.29) is 22.4 Å². The largest absolute Gasteiger partial charge is 0.419 e. The second-order valence-corrected chi connectivity index (χ2v) is 7.47. The molecule has 0 amide bonds. The van der Waals surface area contributed by atoms with Gasteiger partial charge in [-0.3, -0.25) is 4.57 Å². The van der Waals surface area contributed by atoms with Gasteiger partial charge >= 0.3 is 5.76 Å². The standard InChI is InChI=1S/C14H19N3O4S/c1-9-8-15-6-5-11(9)16-22(19,20)10-3-4-12-13(7-10)21-14(18)17(12)2/h3-4,7,9,11,15-16H,5-6,8H2,1-2H3. The Bertz CT molecular complexity index is 853. The van der Waals surface area contributed by atoms with Gasteiger partial charge in [-0.2, -0.15) is 0 Å². The molecule has 22 heavy (non-hydrogen) atoms. The molecule has 120 valence electrons. The van der Waals surface area contributed by atoms with E-state index in [1.54, 1.807) is 13.1 Å². The minimum Gasteiger partial charge on any atom is -0.408 e. The zero-order valence-corrected chi connectivity index (χ0v) is 13.3. The van der Waals surface area contributed by atoms with Crippen molar-refractivity contribution in [1.29, 1.82) is 0 Å². The van der Waals surface area contributed by atoms with E-state index >= 15 is 0 Å². The fraction of sp³-hybridized carbons (Fsp3) is 0.500. The Kier molecular flexibility index (Phi) is 3.84. The molecule has 7 nitrogen and oxygen atoms in total. The van der Waals surface area contributed by atoms with Crippen molar-refractivity contribution in [3.63, 3.8) is 0 Å². The smallest absolute Gasteiger partial charge is 0.408 e. The quantitative estimate of drug-likeness (QED) is 0.852. The van der Waals surface area contributed by atoms with Gasteiger partial charge < -0.3 is 9.73 Å². The maximum atomic E-state index is 12.5. The average Bonchev–Trinajstić information content (AvgIpc) is 2.76. The molecule has 2 aromatic rings. The Hall–Kier alpha value is -1.64. The van der Waals surface area contributed by atoms with E-state index in [0.717, 1.165) is 19.5 Å². The van der Waals surface area contributed by atoms with Crippen LogP contribution in [0.3, 0.4) is 0 Å². The summed E-state index contributed by atoms with van der Waals surface area (Å²) < 4.78 is 34.2. The fourth-order valence-electron chi connectivity index (χ4n) is 2.74. The van der Waals surface area contributed by atoms with Gasteiger partial charge in [0.05, 0.1) is 10.4 Å². The number of hydrogen-bond donors (Lipinski definition) is 2. The van der Waals surface area contributed by atoms with E-state index in [2.05, 4.69) is 10.0 Å². The summed E-state index contributed by atoms with van der Waals surface area (Å²) in [4.78, 5) is 11.6. The van der Waals surface area contributed by atoms with Crippen molar-refractivity contribution in [3.8, 4) is 0 Å². The fourth-order valence-corrected chi connectivity index (χ4v) is 4.13. The van der Waals surface area contributed by atoms with E-state index in [0.29, 0.717) is 5.52 Å². The van der Waals surface area contributed by atoms with Crippen LogP contribution < -0.4 is 15.8 Å². The molecule has 2 unspecified atom stereocenters. The number of nitrogens with one attached hydrogen (secondary N) is 2. The molecule has 1 aliphatic heterocycles. The zero-order valence-electron chi connectivity index (χ0n) is 12.5. The molecule has 2 N–H and O–H groups in total. The van der Waals surface area contributed by atoms with Crippen LogP contribution in [-0.4, -0.2) is 32.1 Å². The summed E-state index contributed by atoms with van der Waals surface area (Å²) in [6, 6.07) is 4.38. The van der Waals surface area contributed by atoms with Crippen LogP contribution in [0.4, 0.5) is 0 Å². The molecule has 0 radical (unpaired) electrons. The molecule has 2 atom stereocenters. The van der Waals surface area contributed by atoms with E-state index in [1.165, 1.54) is 16.7 Å². The van der Waals surface area contributed by atoms with Crippen molar-refractivity contribution in [2.24, 2.45) is 13.0 Å². The molecule has 1 saturated heterocycles. The van der Waals surface area contributed by atoms with Gasteiger partial charge in [-0.15, -0.1) is 0 Å². The van der Waals surface area contributed by atoms with E-state index < -0.39 is 15.8 Å². The molecular formula is C14H19N3O4S. The van der Waals surface area contributed by atoms with Gasteiger partial charge in [0.15, 0.2) is 5.58 Å². The Morgan fingerprint density at radius 2 is 2.18 bits per heavy atom. The van der Waals surface area contributed by atoms with Crippen molar-refractivity contribution in [2.45, 2.75) is 24.3 Å². The summed E-state index contributed by atoms with van der Waals surface area (Å²) >= 11 is 0. The number of hydrogen-bond acceptors (Lipinski definition) is 5. The molecule has 2 heterocycles. The first-order chi connectivity index (χ1) is 10.4. The highest BCUT2D eigenvalue weighted by molar-refractivity contribution is 7.89. The first kappa shape index (κ1) is 15.3. The predicted octanol–water partition coefficient (Wildman–Crippen LogP) is 0.408. The van der Waals surface area contributed by atoms with Gasteiger partial charge in [0, 0.05) is 19.2 Å². The second kappa shape index (κ2) is 5.53. The van der Waals surface area contributed by atoms with Crippen LogP contribution in [0.15, 0.2) is 32.3 Å². The van der Waals surface area contributed by atoms with Crippen molar-refractivity contribution in [1.82, 2.24) is 14.6 Å². The van der Waals surface area contributed by atoms with Gasteiger partial charge in [0.1, 0.15) is 0 Å². The van der Waals surface area contributed by atoms with Gasteiger partial charge in [0.25, 0.3) is 0 Å². The zero-order chi connectivity index (χ0) is 15.9. The SMILES string of the molecule is CC1CNCCC1NS(=O)(=O)c1ccc2c(c1)oc(=O)n2C. The third-order valence-corrected chi connectivity index (χ3v) is 5.65. The lowest BCUT2D eigenvalue weighted by molar-refractivity contribution is 0.328. The van der Waals surface area contributed by atoms with Crippen LogP contribution in [0.5, 0.6) is 0 Å². The molecule has 1 aromatic carbocycles. The van der Waals surface area contributed by atoms with Crippen molar-refractivity contribution in [2.75, 3.05) is 13.1 Å². The lowest BCUT2D eigenvalue weighted by atomic mass is 9.97. The highest BCUT2D eigenvalue weighted by Crippen LogP contribution is 2.20. The van der Waals surface area contributed by atoms with Crippen LogP contribution in [0.2, 0.25) is 0 Å². The number of rotatable bonds is 3. The minimum absolute atomic E-state index is 0.0928. The molecule has 1 aromatic heterocycles. The summed E-state index contributed by atoms with van der Waals surface area (Å²) in [6.07, 6.45) is 0.753. The molecule has 0 saturated carbocycles. The molecule has 0 aliphatic carbocycles. The topological polar surface area (TPSA) is 93.3 Å². The Balaban J connectivity index is 1.93. The van der Waals surface area contributed by atoms with Crippen molar-refractivity contribution >= 4 is 21.1 Å². The average molecular weight is 325 g/mol. The summed E-state index contributed by atoms with van der Waals surface area (Å²) in [5, 5.41) is 3.24. The second-order valence-electron chi connectivity index (χ2n) is 5.75. The predicted molar refractivity (Wildman–Crippen MR) is 82.2 cm³/mol. The number of piperidine rings is 1. The number of nitrogens with zero attached hydrogens (tertiary/aromatic N) is 1. The number of aryl methyl sites for hydroxylation is 1. The van der Waals surface area contributed by atoms with E-state index in [1.807, 2.05) is 6.92 Å². The van der Waals surface area contributed by atoms with Crippen LogP contribution in [-0.2, 0) is 17.1 Å². The molecular weight excluding hydrogens is 306 g/mol. The highest BCUT2D eigenvalue weighted by atomic mass is 32.2. The van der Waals surface area contributed by atoms with Crippen LogP contribution in [0.25, 0.3) is 11.1 Å². The van der Waals surface area contributed by atoms with Crippen LogP contribution in [0.1, 0.15) is 13.3 Å². The number of sulfonamides is 1. The molecule has 1 aliphatic rings. The molecule has 3 rings (SSSR count). The van der Waals surface area contributed by atoms with Crippen LogP contribution >= 0.6 is 0 Å². The van der Waals surface area contributed by atoms with Crippen LogP contribution in [0, 0.1) is 5.92 Å². The normalized spacial score (nSPS) is 23.0. The van der Waals surface area contributed by atoms with Gasteiger partial charge in [0.2, 0.25) is 10.0 Å². The monoisotopic (exact) mass is 325 g/mol. The lowest BCUT2D eigenvalue weighted by Crippen LogP contribution is -2.48. The van der Waals surface area contributed by atoms with Crippen molar-refractivity contribution < 1.29 is 12.8 Å². The summed E-state index contributed by atoms with van der Waals surface area (Å²) in [5.74, 6) is -0.286. The third kappa shape index (κ3) is 2.69. The van der Waals surface area contributed by atoms with Gasteiger partial charge in [-0.05, 0) is 37.6 Å². The first-order valence-corrected chi connectivity index (χ1v) is 8.69. The Morgan fingerprint density at radius 1 is 1.41 bits per heavy atom. The first-order valence-electron chi connectivity index (χ1n) is 7.21. The van der Waals surface area contributed by atoms with Gasteiger partial charge in [-0.1, -0.05) is 6.92 Å². The molecule has 0 spiro atoms. The van der Waals surface area contributed by atoms with E-state index in [9.17, 15) is 13.2 Å². The van der Waals surface area contributed by atoms with E-state index in [4.69, 9.17) is 4.42 Å². The molecule has 1 fully saturated rings. The maximum absolute atomic E-state index is 12.5. The van der Waals surface area contributed by atoms with Gasteiger partial charge in [-0.25, -0.2) is 17.9 Å². The number of oxazole rings is 1. The molecule has 0 bridgehead atoms. The highest BCUT2D eigenvalue weighted by Gasteiger charge is 2.27. The summed E-state index contributed by atoms with van der Waals surface area (Å²) in [7, 11) is -2.06. The Labute approximate surface area is 128 Å². The lowest BCUT2D eigenvalue weighted by Gasteiger charge is -2.29. The number of aromatic nitrogens is 1. The number of fused-ring (bicyclic) bond motifs is 1.